The van der Waals surface area contributed by atoms with Crippen LogP contribution in [0.3, 0.4) is 0 Å². The summed E-state index contributed by atoms with van der Waals surface area (Å²) in [7, 11) is 7.90. The van der Waals surface area contributed by atoms with Gasteiger partial charge < -0.3 is 20.3 Å². The van der Waals surface area contributed by atoms with E-state index in [0.29, 0.717) is 0 Å². The topological polar surface area (TPSA) is 66.7 Å². The number of nitrogens with one attached hydrogen (secondary N) is 2. The quantitative estimate of drug-likeness (QED) is 0.612. The Bertz CT molecular complexity index is 826. The Morgan fingerprint density at radius 3 is 2.79 bits per heavy atom. The number of hydrogen-bond donors (Lipinski definition) is 2. The van der Waals surface area contributed by atoms with E-state index in [-0.39, 0.29) is 17.7 Å². The first-order valence-corrected chi connectivity index (χ1v) is 9.69. The molecule has 0 fully saturated rings. The van der Waals surface area contributed by atoms with Crippen molar-refractivity contribution < 1.29 is 4.74 Å². The highest BCUT2D eigenvalue weighted by Crippen LogP contribution is 2.39. The zero-order valence-corrected chi connectivity index (χ0v) is 17.7. The Hall–Kier alpha value is -2.54. The van der Waals surface area contributed by atoms with Crippen LogP contribution in [0.25, 0.3) is 0 Å². The number of aryl methyl sites for hydroxylation is 1. The van der Waals surface area contributed by atoms with Gasteiger partial charge in [-0.1, -0.05) is 18.2 Å². The summed E-state index contributed by atoms with van der Waals surface area (Å²) in [6.45, 7) is 4.98. The Morgan fingerprint density at radius 1 is 1.39 bits per heavy atom. The van der Waals surface area contributed by atoms with Crippen LogP contribution in [0.4, 0.5) is 0 Å². The number of aliphatic imine (C=N–C) groups is 1. The zero-order valence-electron chi connectivity index (χ0n) is 17.7. The van der Waals surface area contributed by atoms with Gasteiger partial charge in [0.05, 0.1) is 18.3 Å². The Balaban J connectivity index is 1.71. The highest BCUT2D eigenvalue weighted by atomic mass is 16.5. The Morgan fingerprint density at radius 2 is 2.14 bits per heavy atom. The van der Waals surface area contributed by atoms with Gasteiger partial charge in [0.2, 0.25) is 0 Å². The lowest BCUT2D eigenvalue weighted by Crippen LogP contribution is -2.46. The smallest absolute Gasteiger partial charge is 0.191 e. The largest absolute Gasteiger partial charge is 0.487 e. The van der Waals surface area contributed by atoms with Crippen LogP contribution in [0, 0.1) is 0 Å². The van der Waals surface area contributed by atoms with Crippen LogP contribution in [-0.2, 0) is 7.05 Å². The number of rotatable bonds is 5. The molecule has 2 atom stereocenters. The van der Waals surface area contributed by atoms with Gasteiger partial charge in [-0.05, 0) is 34.0 Å². The molecule has 0 radical (unpaired) electrons. The minimum absolute atomic E-state index is 0.141. The molecule has 2 aromatic rings. The van der Waals surface area contributed by atoms with Gasteiger partial charge in [-0.3, -0.25) is 9.67 Å². The molecule has 152 valence electrons. The molecule has 28 heavy (non-hydrogen) atoms. The van der Waals surface area contributed by atoms with Crippen molar-refractivity contribution in [1.29, 1.82) is 0 Å². The number of nitrogens with zero attached hydrogens (tertiary/aromatic N) is 4. The lowest BCUT2D eigenvalue weighted by Gasteiger charge is -2.38. The molecule has 0 aliphatic carbocycles. The monoisotopic (exact) mass is 384 g/mol. The fourth-order valence-electron chi connectivity index (χ4n) is 3.69. The van der Waals surface area contributed by atoms with Crippen LogP contribution in [-0.4, -0.2) is 53.9 Å². The van der Waals surface area contributed by atoms with Crippen LogP contribution in [0.2, 0.25) is 0 Å². The van der Waals surface area contributed by atoms with Crippen molar-refractivity contribution in [2.75, 3.05) is 27.7 Å². The summed E-state index contributed by atoms with van der Waals surface area (Å²) in [5.74, 6) is 1.72. The van der Waals surface area contributed by atoms with Crippen molar-refractivity contribution >= 4 is 5.96 Å². The van der Waals surface area contributed by atoms with E-state index in [1.165, 1.54) is 11.1 Å². The van der Waals surface area contributed by atoms with Crippen LogP contribution < -0.4 is 15.4 Å². The van der Waals surface area contributed by atoms with E-state index in [2.05, 4.69) is 71.9 Å². The summed E-state index contributed by atoms with van der Waals surface area (Å²) >= 11 is 0. The fraction of sp³-hybridized carbons (Fsp3) is 0.524. The number of para-hydroxylation sites is 1. The predicted octanol–water partition coefficient (Wildman–Crippen LogP) is 2.49. The number of guanidine groups is 1. The zero-order chi connectivity index (χ0) is 20.3. The Labute approximate surface area is 167 Å². The minimum atomic E-state index is -0.229. The first kappa shape index (κ1) is 20.2. The van der Waals surface area contributed by atoms with Gasteiger partial charge in [-0.2, -0.15) is 5.10 Å². The van der Waals surface area contributed by atoms with Gasteiger partial charge in [0, 0.05) is 44.4 Å². The molecule has 1 aliphatic rings. The van der Waals surface area contributed by atoms with Gasteiger partial charge in [-0.25, -0.2) is 0 Å². The molecule has 7 nitrogen and oxygen atoms in total. The number of aromatic nitrogens is 2. The first-order chi connectivity index (χ1) is 13.3. The van der Waals surface area contributed by atoms with E-state index >= 15 is 0 Å². The summed E-state index contributed by atoms with van der Waals surface area (Å²) in [6.07, 6.45) is 4.84. The molecule has 0 saturated carbocycles. The SMILES string of the molecule is CN=C(NCC(c1cnn(C)c1)N(C)C)NC1CC(C)(C)Oc2ccccc21. The third kappa shape index (κ3) is 4.65. The number of likely N-dealkylation sites (N-methyl/N-ethyl adjacent to an activating group) is 1. The maximum atomic E-state index is 6.14. The molecule has 0 bridgehead atoms. The summed E-state index contributed by atoms with van der Waals surface area (Å²) in [5, 5.41) is 11.4. The van der Waals surface area contributed by atoms with Crippen molar-refractivity contribution in [3.8, 4) is 5.75 Å². The maximum Gasteiger partial charge on any atom is 0.191 e. The van der Waals surface area contributed by atoms with Crippen LogP contribution in [0.5, 0.6) is 5.75 Å². The molecule has 1 aliphatic heterocycles. The first-order valence-electron chi connectivity index (χ1n) is 9.69. The molecule has 1 aromatic carbocycles. The third-order valence-electron chi connectivity index (χ3n) is 5.11. The van der Waals surface area contributed by atoms with Crippen LogP contribution in [0.15, 0.2) is 41.7 Å². The third-order valence-corrected chi connectivity index (χ3v) is 5.11. The fourth-order valence-corrected chi connectivity index (χ4v) is 3.69. The molecular formula is C21H32N6O. The predicted molar refractivity (Wildman–Crippen MR) is 113 cm³/mol. The van der Waals surface area contributed by atoms with Crippen LogP contribution in [0.1, 0.15) is 43.5 Å². The van der Waals surface area contributed by atoms with Gasteiger partial charge in [-0.15, -0.1) is 0 Å². The second-order valence-electron chi connectivity index (χ2n) is 8.18. The van der Waals surface area contributed by atoms with E-state index in [9.17, 15) is 0 Å². The van der Waals surface area contributed by atoms with Gasteiger partial charge in [0.25, 0.3) is 0 Å². The highest BCUT2D eigenvalue weighted by molar-refractivity contribution is 5.80. The highest BCUT2D eigenvalue weighted by Gasteiger charge is 2.34. The minimum Gasteiger partial charge on any atom is -0.487 e. The number of hydrogen-bond acceptors (Lipinski definition) is 4. The number of fused-ring (bicyclic) bond motifs is 1. The van der Waals surface area contributed by atoms with Crippen LogP contribution >= 0.6 is 0 Å². The van der Waals surface area contributed by atoms with E-state index < -0.39 is 0 Å². The van der Waals surface area contributed by atoms with Crippen molar-refractivity contribution in [3.63, 3.8) is 0 Å². The van der Waals surface area contributed by atoms with Gasteiger partial charge >= 0.3 is 0 Å². The van der Waals surface area contributed by atoms with E-state index in [0.717, 1.165) is 24.7 Å². The second kappa shape index (κ2) is 8.22. The molecule has 7 heteroatoms. The molecule has 0 saturated heterocycles. The summed E-state index contributed by atoms with van der Waals surface area (Å²) in [4.78, 5) is 6.63. The lowest BCUT2D eigenvalue weighted by molar-refractivity contribution is 0.0694. The molecule has 0 amide bonds. The lowest BCUT2D eigenvalue weighted by atomic mass is 9.90. The molecule has 3 rings (SSSR count). The second-order valence-corrected chi connectivity index (χ2v) is 8.18. The molecule has 1 aromatic heterocycles. The van der Waals surface area contributed by atoms with E-state index in [1.807, 2.05) is 30.1 Å². The van der Waals surface area contributed by atoms with Crippen molar-refractivity contribution in [2.45, 2.75) is 38.0 Å². The average Bonchev–Trinajstić information content (AvgIpc) is 3.05. The van der Waals surface area contributed by atoms with E-state index in [4.69, 9.17) is 4.74 Å². The van der Waals surface area contributed by atoms with Gasteiger partial charge in [0.1, 0.15) is 11.4 Å². The summed E-state index contributed by atoms with van der Waals surface area (Å²) in [6, 6.07) is 8.56. The molecular weight excluding hydrogens is 352 g/mol. The number of ether oxygens (including phenoxy) is 1. The maximum absolute atomic E-state index is 6.14. The molecule has 0 spiro atoms. The standard InChI is InChI=1S/C21H32N6O/c1-21(2)11-17(16-9-7-8-10-19(16)28-21)25-20(22-3)23-13-18(26(4)5)15-12-24-27(6)14-15/h7-10,12,14,17-18H,11,13H2,1-6H3,(H2,22,23,25). The molecule has 2 N–H and O–H groups in total. The van der Waals surface area contributed by atoms with Gasteiger partial charge in [0.15, 0.2) is 5.96 Å². The normalized spacial score (nSPS) is 19.7. The van der Waals surface area contributed by atoms with E-state index in [1.54, 1.807) is 7.05 Å². The average molecular weight is 385 g/mol. The summed E-state index contributed by atoms with van der Waals surface area (Å²) in [5.41, 5.74) is 2.11. The van der Waals surface area contributed by atoms with Crippen molar-refractivity contribution in [2.24, 2.45) is 12.0 Å². The molecule has 2 heterocycles. The number of benzene rings is 1. The Kier molecular flexibility index (Phi) is 5.93. The summed E-state index contributed by atoms with van der Waals surface area (Å²) < 4.78 is 7.97. The molecule has 2 unspecified atom stereocenters. The van der Waals surface area contributed by atoms with Crippen molar-refractivity contribution in [1.82, 2.24) is 25.3 Å². The van der Waals surface area contributed by atoms with Crippen molar-refractivity contribution in [3.05, 3.63) is 47.8 Å².